The van der Waals surface area contributed by atoms with Gasteiger partial charge in [-0.05, 0) is 44.8 Å². The Morgan fingerprint density at radius 2 is 2.00 bits per heavy atom. The van der Waals surface area contributed by atoms with Crippen LogP contribution in [0, 0.1) is 0 Å². The second-order valence-corrected chi connectivity index (χ2v) is 5.55. The Hall–Kier alpha value is -1.81. The summed E-state index contributed by atoms with van der Waals surface area (Å²) in [6, 6.07) is 10.5. The van der Waals surface area contributed by atoms with Crippen LogP contribution in [0.2, 0.25) is 0 Å². The fraction of sp³-hybridized carbons (Fsp3) is 0.438. The maximum atomic E-state index is 11.9. The van der Waals surface area contributed by atoms with Crippen molar-refractivity contribution in [2.45, 2.75) is 32.4 Å². The molecule has 108 valence electrons. The van der Waals surface area contributed by atoms with Crippen molar-refractivity contribution in [1.82, 2.24) is 15.2 Å². The summed E-state index contributed by atoms with van der Waals surface area (Å²) in [6.07, 6.45) is 3.02. The number of benzene rings is 1. The van der Waals surface area contributed by atoms with E-state index in [-0.39, 0.29) is 5.91 Å². The van der Waals surface area contributed by atoms with Crippen LogP contribution in [0.4, 0.5) is 0 Å². The van der Waals surface area contributed by atoms with Gasteiger partial charge in [-0.1, -0.05) is 18.2 Å². The number of aromatic nitrogens is 1. The van der Waals surface area contributed by atoms with Crippen LogP contribution >= 0.6 is 0 Å². The summed E-state index contributed by atoms with van der Waals surface area (Å²) in [7, 11) is 1.80. The lowest BCUT2D eigenvalue weighted by molar-refractivity contribution is -0.126. The number of nitrogens with one attached hydrogen (secondary N) is 2. The summed E-state index contributed by atoms with van der Waals surface area (Å²) in [4.78, 5) is 11.9. The van der Waals surface area contributed by atoms with Crippen LogP contribution in [0.15, 0.2) is 36.5 Å². The van der Waals surface area contributed by atoms with E-state index in [0.717, 1.165) is 13.0 Å². The summed E-state index contributed by atoms with van der Waals surface area (Å²) in [5.41, 5.74) is 0.731. The Bertz CT molecular complexity index is 586. The molecule has 0 aliphatic rings. The van der Waals surface area contributed by atoms with Gasteiger partial charge in [-0.25, -0.2) is 0 Å². The van der Waals surface area contributed by atoms with E-state index in [1.54, 1.807) is 7.05 Å². The quantitative estimate of drug-likeness (QED) is 0.792. The van der Waals surface area contributed by atoms with E-state index >= 15 is 0 Å². The second kappa shape index (κ2) is 6.09. The van der Waals surface area contributed by atoms with Crippen molar-refractivity contribution in [2.24, 2.45) is 0 Å². The molecule has 1 heterocycles. The molecule has 0 saturated heterocycles. The molecule has 0 radical (unpaired) electrons. The Labute approximate surface area is 120 Å². The molecule has 0 unspecified atom stereocenters. The number of likely N-dealkylation sites (N-methyl/N-ethyl adjacent to an activating group) is 1. The van der Waals surface area contributed by atoms with Gasteiger partial charge in [0.05, 0.1) is 5.54 Å². The minimum absolute atomic E-state index is 0.0392. The molecule has 0 fully saturated rings. The number of nitrogens with zero attached hydrogens (tertiary/aromatic N) is 1. The van der Waals surface area contributed by atoms with E-state index in [0.29, 0.717) is 6.54 Å². The molecule has 1 aromatic carbocycles. The van der Waals surface area contributed by atoms with Gasteiger partial charge in [0, 0.05) is 24.8 Å². The van der Waals surface area contributed by atoms with E-state index in [2.05, 4.69) is 45.7 Å². The highest BCUT2D eigenvalue weighted by molar-refractivity contribution is 5.85. The molecule has 0 spiro atoms. The molecule has 0 aliphatic heterocycles. The largest absolute Gasteiger partial charge is 0.354 e. The summed E-state index contributed by atoms with van der Waals surface area (Å²) >= 11 is 0. The van der Waals surface area contributed by atoms with Crippen molar-refractivity contribution < 1.29 is 4.79 Å². The highest BCUT2D eigenvalue weighted by atomic mass is 16.2. The predicted molar refractivity (Wildman–Crippen MR) is 82.7 cm³/mol. The number of carbonyl (C=O) groups excluding carboxylic acids is 1. The van der Waals surface area contributed by atoms with Crippen molar-refractivity contribution in [2.75, 3.05) is 13.6 Å². The first kappa shape index (κ1) is 14.6. The fourth-order valence-corrected chi connectivity index (χ4v) is 2.12. The zero-order valence-electron chi connectivity index (χ0n) is 12.4. The first-order valence-corrected chi connectivity index (χ1v) is 7.06. The monoisotopic (exact) mass is 273 g/mol. The Kier molecular flexibility index (Phi) is 4.45. The third-order valence-corrected chi connectivity index (χ3v) is 3.73. The molecular formula is C16H23N3O. The molecule has 0 bridgehead atoms. The Morgan fingerprint density at radius 1 is 1.25 bits per heavy atom. The van der Waals surface area contributed by atoms with Crippen LogP contribution < -0.4 is 10.6 Å². The van der Waals surface area contributed by atoms with Crippen LogP contribution in [-0.4, -0.2) is 29.6 Å². The molecule has 0 aliphatic carbocycles. The van der Waals surface area contributed by atoms with Gasteiger partial charge in [-0.3, -0.25) is 4.79 Å². The fourth-order valence-electron chi connectivity index (χ4n) is 2.12. The summed E-state index contributed by atoms with van der Waals surface area (Å²) in [6.45, 7) is 5.35. The molecule has 0 saturated carbocycles. The maximum Gasteiger partial charge on any atom is 0.239 e. The number of carbonyl (C=O) groups is 1. The standard InChI is InChI=1S/C16H23N3O/c1-16(2,17-3)15(20)18-10-6-11-19-12-9-13-7-4-5-8-14(13)19/h4-5,7-9,12,17H,6,10-11H2,1-3H3,(H,18,20). The Morgan fingerprint density at radius 3 is 2.75 bits per heavy atom. The van der Waals surface area contributed by atoms with Crippen LogP contribution in [0.5, 0.6) is 0 Å². The van der Waals surface area contributed by atoms with Crippen molar-refractivity contribution in [3.05, 3.63) is 36.5 Å². The summed E-state index contributed by atoms with van der Waals surface area (Å²) in [5, 5.41) is 7.23. The zero-order valence-corrected chi connectivity index (χ0v) is 12.4. The van der Waals surface area contributed by atoms with Gasteiger partial charge in [0.15, 0.2) is 0 Å². The number of amides is 1. The Balaban J connectivity index is 1.83. The van der Waals surface area contributed by atoms with Crippen LogP contribution in [-0.2, 0) is 11.3 Å². The normalized spacial score (nSPS) is 11.8. The number of aryl methyl sites for hydroxylation is 1. The summed E-state index contributed by atoms with van der Waals surface area (Å²) in [5.74, 6) is 0.0392. The molecule has 1 amide bonds. The van der Waals surface area contributed by atoms with Gasteiger partial charge in [-0.2, -0.15) is 0 Å². The molecule has 2 aromatic rings. The lowest BCUT2D eigenvalue weighted by Crippen LogP contribution is -2.51. The zero-order chi connectivity index (χ0) is 14.6. The molecule has 2 N–H and O–H groups in total. The van der Waals surface area contributed by atoms with E-state index < -0.39 is 5.54 Å². The first-order chi connectivity index (χ1) is 9.54. The van der Waals surface area contributed by atoms with Crippen molar-refractivity contribution in [1.29, 1.82) is 0 Å². The van der Waals surface area contributed by atoms with Gasteiger partial charge in [0.25, 0.3) is 0 Å². The molecule has 4 heteroatoms. The number of fused-ring (bicyclic) bond motifs is 1. The third kappa shape index (κ3) is 3.20. The van der Waals surface area contributed by atoms with Crippen LogP contribution in [0.1, 0.15) is 20.3 Å². The van der Waals surface area contributed by atoms with E-state index in [4.69, 9.17) is 0 Å². The minimum Gasteiger partial charge on any atom is -0.354 e. The third-order valence-electron chi connectivity index (χ3n) is 3.73. The molecular weight excluding hydrogens is 250 g/mol. The average Bonchev–Trinajstić information content (AvgIpc) is 2.86. The van der Waals surface area contributed by atoms with Crippen molar-refractivity contribution in [3.63, 3.8) is 0 Å². The molecule has 0 atom stereocenters. The first-order valence-electron chi connectivity index (χ1n) is 7.06. The van der Waals surface area contributed by atoms with Crippen molar-refractivity contribution >= 4 is 16.8 Å². The lowest BCUT2D eigenvalue weighted by Gasteiger charge is -2.22. The van der Waals surface area contributed by atoms with Gasteiger partial charge in [0.2, 0.25) is 5.91 Å². The number of para-hydroxylation sites is 1. The second-order valence-electron chi connectivity index (χ2n) is 5.55. The highest BCUT2D eigenvalue weighted by Gasteiger charge is 2.24. The smallest absolute Gasteiger partial charge is 0.239 e. The van der Waals surface area contributed by atoms with Crippen molar-refractivity contribution in [3.8, 4) is 0 Å². The molecule has 2 rings (SSSR count). The SMILES string of the molecule is CNC(C)(C)C(=O)NCCCn1ccc2ccccc21. The van der Waals surface area contributed by atoms with Gasteiger partial charge >= 0.3 is 0 Å². The van der Waals surface area contributed by atoms with E-state index in [9.17, 15) is 4.79 Å². The minimum atomic E-state index is -0.514. The summed E-state index contributed by atoms with van der Waals surface area (Å²) < 4.78 is 2.23. The number of hydrogen-bond acceptors (Lipinski definition) is 2. The topological polar surface area (TPSA) is 46.1 Å². The highest BCUT2D eigenvalue weighted by Crippen LogP contribution is 2.15. The van der Waals surface area contributed by atoms with E-state index in [1.165, 1.54) is 10.9 Å². The predicted octanol–water partition coefficient (Wildman–Crippen LogP) is 2.15. The van der Waals surface area contributed by atoms with Crippen LogP contribution in [0.3, 0.4) is 0 Å². The molecule has 4 nitrogen and oxygen atoms in total. The van der Waals surface area contributed by atoms with Crippen LogP contribution in [0.25, 0.3) is 10.9 Å². The molecule has 20 heavy (non-hydrogen) atoms. The maximum absolute atomic E-state index is 11.9. The van der Waals surface area contributed by atoms with Gasteiger partial charge in [0.1, 0.15) is 0 Å². The van der Waals surface area contributed by atoms with E-state index in [1.807, 2.05) is 19.9 Å². The number of rotatable bonds is 6. The number of hydrogen-bond donors (Lipinski definition) is 2. The van der Waals surface area contributed by atoms with Gasteiger partial charge < -0.3 is 15.2 Å². The lowest BCUT2D eigenvalue weighted by atomic mass is 10.1. The average molecular weight is 273 g/mol. The molecule has 1 aromatic heterocycles. The van der Waals surface area contributed by atoms with Gasteiger partial charge in [-0.15, -0.1) is 0 Å².